The Morgan fingerprint density at radius 2 is 1.78 bits per heavy atom. The Hall–Kier alpha value is -2.64. The molecule has 0 saturated heterocycles. The topological polar surface area (TPSA) is 52.9 Å². The maximum absolute atomic E-state index is 12.2. The van der Waals surface area contributed by atoms with Crippen molar-refractivity contribution in [2.24, 2.45) is 0 Å². The number of halogens is 1. The van der Waals surface area contributed by atoms with Gasteiger partial charge in [0.05, 0.1) is 0 Å². The quantitative estimate of drug-likeness (QED) is 0.473. The normalized spacial score (nSPS) is 11.7. The van der Waals surface area contributed by atoms with Gasteiger partial charge in [0.15, 0.2) is 0 Å². The zero-order valence-electron chi connectivity index (χ0n) is 12.6. The third-order valence-electron chi connectivity index (χ3n) is 3.03. The number of nitrogens with zero attached hydrogens (tertiary/aromatic N) is 1. The van der Waals surface area contributed by atoms with E-state index in [1.54, 1.807) is 18.2 Å². The Labute approximate surface area is 144 Å². The number of nitriles is 1. The summed E-state index contributed by atoms with van der Waals surface area (Å²) < 4.78 is 0.924. The molecule has 2 rings (SSSR count). The van der Waals surface area contributed by atoms with E-state index < -0.39 is 5.91 Å². The number of hydrogen-bond donors (Lipinski definition) is 1. The molecule has 2 aromatic carbocycles. The number of nitrogens with one attached hydrogen (secondary N) is 1. The fourth-order valence-corrected chi connectivity index (χ4v) is 2.23. The van der Waals surface area contributed by atoms with Gasteiger partial charge in [0.25, 0.3) is 5.91 Å². The van der Waals surface area contributed by atoms with Crippen LogP contribution in [-0.2, 0) is 4.79 Å². The molecule has 0 aliphatic heterocycles. The van der Waals surface area contributed by atoms with Gasteiger partial charge in [-0.05, 0) is 48.4 Å². The number of rotatable bonds is 4. The van der Waals surface area contributed by atoms with Gasteiger partial charge < -0.3 is 5.32 Å². The highest BCUT2D eigenvalue weighted by molar-refractivity contribution is 9.10. The molecule has 0 aliphatic carbocycles. The number of hydrogen-bond acceptors (Lipinski definition) is 2. The van der Waals surface area contributed by atoms with E-state index in [2.05, 4.69) is 21.2 Å². The maximum Gasteiger partial charge on any atom is 0.266 e. The lowest BCUT2D eigenvalue weighted by molar-refractivity contribution is -0.112. The standard InChI is InChI=1S/C19H15BrN2O/c1-14(11-15-5-3-2-4-6-15)12-16(13-21)19(23)22-18-9-7-17(20)8-10-18/h2-12H,1H3,(H,22,23)/b14-11+,16-12-. The molecular formula is C19H15BrN2O. The third kappa shape index (κ3) is 5.24. The van der Waals surface area contributed by atoms with Crippen molar-refractivity contribution in [3.8, 4) is 6.07 Å². The van der Waals surface area contributed by atoms with Gasteiger partial charge in [0.2, 0.25) is 0 Å². The zero-order chi connectivity index (χ0) is 16.7. The second-order valence-electron chi connectivity index (χ2n) is 4.93. The number of anilines is 1. The first-order valence-electron chi connectivity index (χ1n) is 7.00. The lowest BCUT2D eigenvalue weighted by Gasteiger charge is -2.04. The van der Waals surface area contributed by atoms with E-state index in [4.69, 9.17) is 0 Å². The first-order chi connectivity index (χ1) is 11.1. The zero-order valence-corrected chi connectivity index (χ0v) is 14.2. The van der Waals surface area contributed by atoms with Gasteiger partial charge >= 0.3 is 0 Å². The first-order valence-corrected chi connectivity index (χ1v) is 7.80. The predicted molar refractivity (Wildman–Crippen MR) is 96.6 cm³/mol. The third-order valence-corrected chi connectivity index (χ3v) is 3.56. The lowest BCUT2D eigenvalue weighted by Crippen LogP contribution is -2.13. The van der Waals surface area contributed by atoms with Crippen LogP contribution in [-0.4, -0.2) is 5.91 Å². The van der Waals surface area contributed by atoms with E-state index in [0.29, 0.717) is 5.69 Å². The molecule has 0 spiro atoms. The van der Waals surface area contributed by atoms with Gasteiger partial charge in [-0.15, -0.1) is 0 Å². The Bertz CT molecular complexity index is 784. The monoisotopic (exact) mass is 366 g/mol. The second-order valence-corrected chi connectivity index (χ2v) is 5.85. The van der Waals surface area contributed by atoms with E-state index in [-0.39, 0.29) is 5.57 Å². The van der Waals surface area contributed by atoms with Crippen molar-refractivity contribution in [3.05, 3.63) is 81.9 Å². The molecule has 0 radical (unpaired) electrons. The molecular weight excluding hydrogens is 352 g/mol. The van der Waals surface area contributed by atoms with Crippen LogP contribution in [0.5, 0.6) is 0 Å². The molecule has 0 bridgehead atoms. The maximum atomic E-state index is 12.2. The number of amides is 1. The van der Waals surface area contributed by atoms with Crippen LogP contribution in [0.1, 0.15) is 12.5 Å². The summed E-state index contributed by atoms with van der Waals surface area (Å²) >= 11 is 3.33. The molecule has 0 heterocycles. The predicted octanol–water partition coefficient (Wildman–Crippen LogP) is 4.94. The molecule has 23 heavy (non-hydrogen) atoms. The first kappa shape index (κ1) is 16.7. The van der Waals surface area contributed by atoms with E-state index in [1.807, 2.05) is 61.5 Å². The van der Waals surface area contributed by atoms with Gasteiger partial charge in [-0.2, -0.15) is 5.26 Å². The van der Waals surface area contributed by atoms with Crippen molar-refractivity contribution >= 4 is 33.6 Å². The number of benzene rings is 2. The minimum Gasteiger partial charge on any atom is -0.321 e. The molecule has 3 nitrogen and oxygen atoms in total. The van der Waals surface area contributed by atoms with E-state index in [1.165, 1.54) is 0 Å². The van der Waals surface area contributed by atoms with E-state index in [9.17, 15) is 10.1 Å². The van der Waals surface area contributed by atoms with E-state index in [0.717, 1.165) is 15.6 Å². The van der Waals surface area contributed by atoms with E-state index >= 15 is 0 Å². The number of carbonyl (C=O) groups excluding carboxylic acids is 1. The van der Waals surface area contributed by atoms with Gasteiger partial charge in [-0.1, -0.05) is 52.3 Å². The summed E-state index contributed by atoms with van der Waals surface area (Å²) in [7, 11) is 0. The largest absolute Gasteiger partial charge is 0.321 e. The molecule has 0 atom stereocenters. The average Bonchev–Trinajstić information content (AvgIpc) is 2.55. The van der Waals surface area contributed by atoms with Crippen LogP contribution in [0.25, 0.3) is 6.08 Å². The van der Waals surface area contributed by atoms with Crippen LogP contribution < -0.4 is 5.32 Å². The fourth-order valence-electron chi connectivity index (χ4n) is 1.96. The summed E-state index contributed by atoms with van der Waals surface area (Å²) in [6.45, 7) is 1.86. The summed E-state index contributed by atoms with van der Waals surface area (Å²) in [6.07, 6.45) is 3.51. The van der Waals surface area contributed by atoms with Crippen LogP contribution in [0, 0.1) is 11.3 Å². The van der Waals surface area contributed by atoms with Crippen molar-refractivity contribution < 1.29 is 4.79 Å². The number of carbonyl (C=O) groups is 1. The van der Waals surface area contributed by atoms with Gasteiger partial charge in [0.1, 0.15) is 11.6 Å². The van der Waals surface area contributed by atoms with Gasteiger partial charge in [0, 0.05) is 10.2 Å². The molecule has 114 valence electrons. The Balaban J connectivity index is 2.15. The number of allylic oxidation sites excluding steroid dienone is 2. The summed E-state index contributed by atoms with van der Waals surface area (Å²) in [5, 5.41) is 11.9. The summed E-state index contributed by atoms with van der Waals surface area (Å²) in [4.78, 5) is 12.2. The van der Waals surface area contributed by atoms with Crippen molar-refractivity contribution in [3.63, 3.8) is 0 Å². The highest BCUT2D eigenvalue weighted by Gasteiger charge is 2.09. The SMILES string of the molecule is CC(/C=C(/C#N)C(=O)Nc1ccc(Br)cc1)=C\c1ccccc1. The van der Waals surface area contributed by atoms with Crippen LogP contribution in [0.3, 0.4) is 0 Å². The second kappa shape index (κ2) is 8.11. The Morgan fingerprint density at radius 1 is 1.13 bits per heavy atom. The Kier molecular flexibility index (Phi) is 5.90. The van der Waals surface area contributed by atoms with Crippen LogP contribution in [0.2, 0.25) is 0 Å². The average molecular weight is 367 g/mol. The highest BCUT2D eigenvalue weighted by atomic mass is 79.9. The van der Waals surface area contributed by atoms with Crippen molar-refractivity contribution in [1.29, 1.82) is 5.26 Å². The molecule has 1 N–H and O–H groups in total. The minimum absolute atomic E-state index is 0.0672. The lowest BCUT2D eigenvalue weighted by atomic mass is 10.1. The molecule has 2 aromatic rings. The fraction of sp³-hybridized carbons (Fsp3) is 0.0526. The molecule has 0 unspecified atom stereocenters. The summed E-state index contributed by atoms with van der Waals surface area (Å²) in [6, 6.07) is 18.9. The van der Waals surface area contributed by atoms with Crippen molar-refractivity contribution in [1.82, 2.24) is 0 Å². The molecule has 0 aromatic heterocycles. The minimum atomic E-state index is -0.421. The van der Waals surface area contributed by atoms with Crippen molar-refractivity contribution in [2.75, 3.05) is 5.32 Å². The molecule has 4 heteroatoms. The van der Waals surface area contributed by atoms with Crippen LogP contribution >= 0.6 is 15.9 Å². The van der Waals surface area contributed by atoms with Crippen LogP contribution in [0.15, 0.2) is 76.3 Å². The highest BCUT2D eigenvalue weighted by Crippen LogP contribution is 2.15. The summed E-state index contributed by atoms with van der Waals surface area (Å²) in [5.74, 6) is -0.421. The smallest absolute Gasteiger partial charge is 0.266 e. The van der Waals surface area contributed by atoms with Gasteiger partial charge in [-0.3, -0.25) is 4.79 Å². The van der Waals surface area contributed by atoms with Gasteiger partial charge in [-0.25, -0.2) is 0 Å². The molecule has 1 amide bonds. The van der Waals surface area contributed by atoms with Crippen molar-refractivity contribution in [2.45, 2.75) is 6.92 Å². The molecule has 0 aliphatic rings. The molecule has 0 fully saturated rings. The van der Waals surface area contributed by atoms with Crippen LogP contribution in [0.4, 0.5) is 5.69 Å². The Morgan fingerprint density at radius 3 is 2.39 bits per heavy atom. The molecule has 0 saturated carbocycles. The summed E-state index contributed by atoms with van der Waals surface area (Å²) in [5.41, 5.74) is 2.56.